The lowest BCUT2D eigenvalue weighted by Gasteiger charge is -1.97. The van der Waals surface area contributed by atoms with Crippen LogP contribution >= 0.6 is 0 Å². The second kappa shape index (κ2) is 4.02. The highest BCUT2D eigenvalue weighted by atomic mass is 15.3. The molecular formula is C10H13N4+. The van der Waals surface area contributed by atoms with Gasteiger partial charge in [-0.1, -0.05) is 0 Å². The normalized spacial score (nSPS) is 10.4. The van der Waals surface area contributed by atoms with Crippen molar-refractivity contribution in [3.05, 3.63) is 36.9 Å². The standard InChI is InChI=1S/C10H12N4/c1-2-12-9-6-13-14(8-9)10-4-3-5-11-7-10/h3-8,12H,2H2,1H3/p+1. The van der Waals surface area contributed by atoms with Gasteiger partial charge in [0.05, 0.1) is 24.6 Å². The van der Waals surface area contributed by atoms with Gasteiger partial charge in [-0.15, -0.1) is 0 Å². The van der Waals surface area contributed by atoms with E-state index in [1.807, 2.05) is 29.2 Å². The molecule has 2 aromatic heterocycles. The molecule has 4 nitrogen and oxygen atoms in total. The molecule has 4 heteroatoms. The van der Waals surface area contributed by atoms with Gasteiger partial charge in [0.2, 0.25) is 0 Å². The Kier molecular flexibility index (Phi) is 2.55. The van der Waals surface area contributed by atoms with Crippen molar-refractivity contribution in [2.24, 2.45) is 0 Å². The summed E-state index contributed by atoms with van der Waals surface area (Å²) in [6.07, 6.45) is 7.41. The monoisotopic (exact) mass is 189 g/mol. The third-order valence-electron chi connectivity index (χ3n) is 1.95. The van der Waals surface area contributed by atoms with Crippen molar-refractivity contribution < 1.29 is 5.32 Å². The summed E-state index contributed by atoms with van der Waals surface area (Å²) in [5.41, 5.74) is 2.14. The fraction of sp³-hybridized carbons (Fsp3) is 0.200. The van der Waals surface area contributed by atoms with Gasteiger partial charge in [0.15, 0.2) is 5.69 Å². The summed E-state index contributed by atoms with van der Waals surface area (Å²) in [4.78, 5) is 4.05. The number of nitrogens with two attached hydrogens (primary N) is 1. The molecule has 72 valence electrons. The number of pyridine rings is 1. The SMILES string of the molecule is CC[NH2+]c1cnn(-c2cccnc2)c1. The van der Waals surface area contributed by atoms with Crippen molar-refractivity contribution in [3.63, 3.8) is 0 Å². The molecule has 2 rings (SSSR count). The topological polar surface area (TPSA) is 47.3 Å². The first-order chi connectivity index (χ1) is 6.90. The highest BCUT2D eigenvalue weighted by Crippen LogP contribution is 2.05. The Bertz CT molecular complexity index is 394. The van der Waals surface area contributed by atoms with Crippen molar-refractivity contribution in [1.29, 1.82) is 0 Å². The lowest BCUT2D eigenvalue weighted by atomic mass is 10.4. The average Bonchev–Trinajstić information content (AvgIpc) is 2.68. The molecule has 2 aromatic rings. The highest BCUT2D eigenvalue weighted by molar-refractivity contribution is 5.31. The summed E-state index contributed by atoms with van der Waals surface area (Å²) in [5, 5.41) is 6.39. The Hall–Kier alpha value is -1.68. The first-order valence-corrected chi connectivity index (χ1v) is 4.68. The molecule has 0 unspecified atom stereocenters. The molecule has 0 radical (unpaired) electrons. The largest absolute Gasteiger partial charge is 0.311 e. The fourth-order valence-corrected chi connectivity index (χ4v) is 1.31. The minimum absolute atomic E-state index is 0.989. The van der Waals surface area contributed by atoms with Crippen LogP contribution in [0.3, 0.4) is 0 Å². The Morgan fingerprint density at radius 3 is 3.07 bits per heavy atom. The van der Waals surface area contributed by atoms with Crippen LogP contribution in [0.25, 0.3) is 5.69 Å². The number of nitrogens with zero attached hydrogens (tertiary/aromatic N) is 3. The molecule has 0 saturated carbocycles. The zero-order chi connectivity index (χ0) is 9.80. The molecule has 2 heterocycles. The van der Waals surface area contributed by atoms with Crippen LogP contribution in [0, 0.1) is 0 Å². The van der Waals surface area contributed by atoms with E-state index >= 15 is 0 Å². The van der Waals surface area contributed by atoms with E-state index in [-0.39, 0.29) is 0 Å². The minimum atomic E-state index is 0.989. The first-order valence-electron chi connectivity index (χ1n) is 4.68. The van der Waals surface area contributed by atoms with E-state index < -0.39 is 0 Å². The van der Waals surface area contributed by atoms with Crippen LogP contribution in [0.4, 0.5) is 5.69 Å². The van der Waals surface area contributed by atoms with Gasteiger partial charge in [-0.25, -0.2) is 4.68 Å². The third kappa shape index (κ3) is 1.80. The van der Waals surface area contributed by atoms with Gasteiger partial charge in [-0.05, 0) is 19.1 Å². The number of quaternary nitrogens is 1. The Balaban J connectivity index is 2.25. The molecular weight excluding hydrogens is 176 g/mol. The van der Waals surface area contributed by atoms with E-state index in [2.05, 4.69) is 22.3 Å². The molecule has 0 aliphatic carbocycles. The number of hydrogen-bond donors (Lipinski definition) is 1. The first kappa shape index (κ1) is 8.90. The average molecular weight is 189 g/mol. The van der Waals surface area contributed by atoms with Gasteiger partial charge < -0.3 is 5.32 Å². The molecule has 0 aromatic carbocycles. The van der Waals surface area contributed by atoms with Crippen LogP contribution in [0.15, 0.2) is 36.9 Å². The second-order valence-corrected chi connectivity index (χ2v) is 3.04. The molecule has 0 atom stereocenters. The van der Waals surface area contributed by atoms with Crippen molar-refractivity contribution in [1.82, 2.24) is 14.8 Å². The maximum Gasteiger partial charge on any atom is 0.168 e. The molecule has 0 spiro atoms. The zero-order valence-electron chi connectivity index (χ0n) is 8.09. The summed E-state index contributed by atoms with van der Waals surface area (Å²) in [6, 6.07) is 3.88. The van der Waals surface area contributed by atoms with Crippen LogP contribution < -0.4 is 5.32 Å². The molecule has 0 amide bonds. The summed E-state index contributed by atoms with van der Waals surface area (Å²) >= 11 is 0. The molecule has 0 fully saturated rings. The maximum absolute atomic E-state index is 4.25. The molecule has 0 bridgehead atoms. The number of aromatic nitrogens is 3. The molecule has 0 aliphatic heterocycles. The van der Waals surface area contributed by atoms with Gasteiger partial charge >= 0.3 is 0 Å². The van der Waals surface area contributed by atoms with E-state index in [1.165, 1.54) is 0 Å². The maximum atomic E-state index is 4.25. The Morgan fingerprint density at radius 2 is 2.36 bits per heavy atom. The summed E-state index contributed by atoms with van der Waals surface area (Å²) in [5.74, 6) is 0. The van der Waals surface area contributed by atoms with Crippen molar-refractivity contribution >= 4 is 5.69 Å². The molecule has 0 saturated heterocycles. The second-order valence-electron chi connectivity index (χ2n) is 3.04. The number of rotatable bonds is 3. The fourth-order valence-electron chi connectivity index (χ4n) is 1.31. The van der Waals surface area contributed by atoms with Crippen LogP contribution in [-0.2, 0) is 0 Å². The molecule has 2 N–H and O–H groups in total. The predicted octanol–water partition coefficient (Wildman–Crippen LogP) is 0.482. The smallest absolute Gasteiger partial charge is 0.168 e. The Labute approximate surface area is 82.6 Å². The lowest BCUT2D eigenvalue weighted by molar-refractivity contribution is -0.567. The van der Waals surface area contributed by atoms with E-state index in [0.717, 1.165) is 17.9 Å². The number of hydrogen-bond acceptors (Lipinski definition) is 2. The van der Waals surface area contributed by atoms with Crippen LogP contribution in [0.2, 0.25) is 0 Å². The van der Waals surface area contributed by atoms with Gasteiger partial charge in [0.25, 0.3) is 0 Å². The van der Waals surface area contributed by atoms with Crippen LogP contribution in [0.1, 0.15) is 6.92 Å². The van der Waals surface area contributed by atoms with Gasteiger partial charge in [0, 0.05) is 6.20 Å². The summed E-state index contributed by atoms with van der Waals surface area (Å²) in [7, 11) is 0. The van der Waals surface area contributed by atoms with Gasteiger partial charge in [-0.3, -0.25) is 4.98 Å². The minimum Gasteiger partial charge on any atom is -0.311 e. The lowest BCUT2D eigenvalue weighted by Crippen LogP contribution is -2.77. The quantitative estimate of drug-likeness (QED) is 0.763. The zero-order valence-corrected chi connectivity index (χ0v) is 8.09. The predicted molar refractivity (Wildman–Crippen MR) is 53.5 cm³/mol. The molecule has 14 heavy (non-hydrogen) atoms. The van der Waals surface area contributed by atoms with Gasteiger partial charge in [0.1, 0.15) is 6.20 Å². The van der Waals surface area contributed by atoms with Gasteiger partial charge in [-0.2, -0.15) is 5.10 Å². The highest BCUT2D eigenvalue weighted by Gasteiger charge is 2.01. The van der Waals surface area contributed by atoms with E-state index in [1.54, 1.807) is 12.4 Å². The van der Waals surface area contributed by atoms with Crippen LogP contribution in [-0.4, -0.2) is 21.3 Å². The third-order valence-corrected chi connectivity index (χ3v) is 1.95. The van der Waals surface area contributed by atoms with E-state index in [0.29, 0.717) is 0 Å². The molecule has 0 aliphatic rings. The van der Waals surface area contributed by atoms with E-state index in [4.69, 9.17) is 0 Å². The summed E-state index contributed by atoms with van der Waals surface area (Å²) in [6.45, 7) is 3.14. The Morgan fingerprint density at radius 1 is 1.43 bits per heavy atom. The van der Waals surface area contributed by atoms with Crippen LogP contribution in [0.5, 0.6) is 0 Å². The van der Waals surface area contributed by atoms with Crippen molar-refractivity contribution in [2.45, 2.75) is 6.92 Å². The van der Waals surface area contributed by atoms with Crippen molar-refractivity contribution in [3.8, 4) is 5.69 Å². The summed E-state index contributed by atoms with van der Waals surface area (Å²) < 4.78 is 1.83. The van der Waals surface area contributed by atoms with Crippen molar-refractivity contribution in [2.75, 3.05) is 6.54 Å². The van der Waals surface area contributed by atoms with E-state index in [9.17, 15) is 0 Å².